The van der Waals surface area contributed by atoms with Crippen LogP contribution >= 0.6 is 0 Å². The molecule has 76 heavy (non-hydrogen) atoms. The van der Waals surface area contributed by atoms with Crippen LogP contribution in [-0.2, 0) is 6.18 Å². The molecule has 6 heteroatoms. The zero-order chi connectivity index (χ0) is 52.9. The molecule has 0 N–H and O–H groups in total. The van der Waals surface area contributed by atoms with Gasteiger partial charge in [0, 0.05) is 21.5 Å². The number of aryl methyl sites for hydroxylation is 8. The number of nitrogens with zero attached hydrogens (tertiary/aromatic N) is 3. The van der Waals surface area contributed by atoms with Gasteiger partial charge in [-0.15, -0.1) is 0 Å². The van der Waals surface area contributed by atoms with Crippen molar-refractivity contribution in [2.24, 2.45) is 0 Å². The second-order valence-electron chi connectivity index (χ2n) is 21.2. The predicted octanol–water partition coefficient (Wildman–Crippen LogP) is 19.6. The highest BCUT2D eigenvalue weighted by Crippen LogP contribution is 2.48. The highest BCUT2D eigenvalue weighted by atomic mass is 19.4. The first-order valence-electron chi connectivity index (χ1n) is 25.7. The average Bonchev–Trinajstić information content (AvgIpc) is 3.88. The van der Waals surface area contributed by atoms with Crippen LogP contribution in [0.5, 0.6) is 0 Å². The second-order valence-corrected chi connectivity index (χ2v) is 21.2. The maximum absolute atomic E-state index is 17.4. The molecule has 0 bridgehead atoms. The number of benzene rings is 10. The summed E-state index contributed by atoms with van der Waals surface area (Å²) in [6.45, 7) is 16.5. The van der Waals surface area contributed by atoms with E-state index in [9.17, 15) is 5.26 Å². The molecule has 0 fully saturated rings. The quantitative estimate of drug-likeness (QED) is 0.157. The fourth-order valence-corrected chi connectivity index (χ4v) is 12.0. The maximum atomic E-state index is 17.4. The van der Waals surface area contributed by atoms with Crippen molar-refractivity contribution in [3.05, 3.63) is 238 Å². The van der Waals surface area contributed by atoms with E-state index < -0.39 is 11.7 Å². The molecular weight excluding hydrogens is 940 g/mol. The van der Waals surface area contributed by atoms with Gasteiger partial charge in [0.2, 0.25) is 0 Å². The van der Waals surface area contributed by atoms with Crippen LogP contribution in [0.1, 0.15) is 55.6 Å². The lowest BCUT2D eigenvalue weighted by atomic mass is 9.97. The van der Waals surface area contributed by atoms with E-state index in [0.29, 0.717) is 38.8 Å². The monoisotopic (exact) mass is 993 g/mol. The summed E-state index contributed by atoms with van der Waals surface area (Å²) in [4.78, 5) is 0. The molecule has 0 atom stereocenters. The van der Waals surface area contributed by atoms with Crippen molar-refractivity contribution in [3.63, 3.8) is 0 Å². The first-order chi connectivity index (χ1) is 36.5. The third-order valence-corrected chi connectivity index (χ3v) is 14.9. The predicted molar refractivity (Wildman–Crippen MR) is 310 cm³/mol. The van der Waals surface area contributed by atoms with Crippen LogP contribution in [0.25, 0.3) is 111 Å². The summed E-state index contributed by atoms with van der Waals surface area (Å²) >= 11 is 0. The molecular formula is C70H54F3N3. The minimum Gasteiger partial charge on any atom is -0.308 e. The van der Waals surface area contributed by atoms with Crippen LogP contribution in [0.2, 0.25) is 0 Å². The largest absolute Gasteiger partial charge is 0.420 e. The third kappa shape index (κ3) is 8.52. The fourth-order valence-electron chi connectivity index (χ4n) is 12.0. The van der Waals surface area contributed by atoms with Crippen molar-refractivity contribution in [1.29, 1.82) is 5.26 Å². The Balaban J connectivity index is 1.27. The van der Waals surface area contributed by atoms with Gasteiger partial charge in [0.15, 0.2) is 0 Å². The van der Waals surface area contributed by atoms with Crippen molar-refractivity contribution >= 4 is 43.6 Å². The summed E-state index contributed by atoms with van der Waals surface area (Å²) in [7, 11) is 0. The molecule has 0 radical (unpaired) electrons. The maximum Gasteiger partial charge on any atom is 0.420 e. The molecule has 370 valence electrons. The molecule has 0 aliphatic rings. The Morgan fingerprint density at radius 3 is 0.868 bits per heavy atom. The molecule has 2 heterocycles. The number of nitriles is 1. The first kappa shape index (κ1) is 48.0. The average molecular weight is 994 g/mol. The topological polar surface area (TPSA) is 33.6 Å². The number of aromatic nitrogens is 2. The Kier molecular flexibility index (Phi) is 11.5. The lowest BCUT2D eigenvalue weighted by Gasteiger charge is -2.23. The number of hydrogen-bond acceptors (Lipinski definition) is 1. The smallest absolute Gasteiger partial charge is 0.308 e. The van der Waals surface area contributed by atoms with Crippen LogP contribution in [0.3, 0.4) is 0 Å². The van der Waals surface area contributed by atoms with Gasteiger partial charge in [0.25, 0.3) is 0 Å². The summed E-state index contributed by atoms with van der Waals surface area (Å²) in [6, 6.07) is 63.1. The highest BCUT2D eigenvalue weighted by molar-refractivity contribution is 6.13. The minimum atomic E-state index is -4.89. The minimum absolute atomic E-state index is 0.0246. The lowest BCUT2D eigenvalue weighted by Crippen LogP contribution is -2.16. The van der Waals surface area contributed by atoms with E-state index in [1.807, 2.05) is 15.2 Å². The van der Waals surface area contributed by atoms with Gasteiger partial charge in [-0.1, -0.05) is 178 Å². The molecule has 2 aromatic heterocycles. The van der Waals surface area contributed by atoms with E-state index in [-0.39, 0.29) is 11.4 Å². The molecule has 10 aromatic carbocycles. The number of fused-ring (bicyclic) bond motifs is 6. The molecule has 0 unspecified atom stereocenters. The van der Waals surface area contributed by atoms with Crippen LogP contribution in [0.4, 0.5) is 13.2 Å². The van der Waals surface area contributed by atoms with E-state index in [0.717, 1.165) is 111 Å². The van der Waals surface area contributed by atoms with E-state index in [1.165, 1.54) is 0 Å². The van der Waals surface area contributed by atoms with Crippen molar-refractivity contribution < 1.29 is 13.2 Å². The summed E-state index contributed by atoms with van der Waals surface area (Å²) in [5.74, 6) is 0. The SMILES string of the molecule is Cc1cc(C)cc(-c2ccc3c4ccc(-c5cc(C)cc(C)c5)cc4n(-c4cc(-c5cccc(C#N)c5)cc(-n5c6cc(-c7cc(C)cc(C)c7)ccc6c6ccc(-c7cc(C)cc(C)c7)cc65)c4C(F)(F)F)c3c2)c1. The number of alkyl halides is 3. The van der Waals surface area contributed by atoms with Crippen LogP contribution in [0, 0.1) is 66.7 Å². The Morgan fingerprint density at radius 1 is 0.316 bits per heavy atom. The molecule has 0 spiro atoms. The zero-order valence-corrected chi connectivity index (χ0v) is 43.8. The van der Waals surface area contributed by atoms with Gasteiger partial charge >= 0.3 is 6.18 Å². The van der Waals surface area contributed by atoms with Gasteiger partial charge in [-0.25, -0.2) is 0 Å². The molecule has 0 aliphatic carbocycles. The van der Waals surface area contributed by atoms with Crippen molar-refractivity contribution in [2.75, 3.05) is 0 Å². The summed E-state index contributed by atoms with van der Waals surface area (Å²) in [5, 5.41) is 13.6. The standard InChI is InChI=1S/C70H54F3N3/c1-40-20-41(2)25-54(24-40)50-12-16-59-60-17-13-51(55-26-42(3)21-43(4)27-55)34-64(60)75(63(59)33-50)67-37-58(49-11-9-10-48(32-49)39-74)38-68(69(67)70(71,72)73)76-65-35-52(56-28-44(5)22-45(6)29-56)14-18-61(65)62-19-15-53(36-66(62)76)57-30-46(7)23-47(8)31-57/h9-38H,1-8H3. The van der Waals surface area contributed by atoms with Gasteiger partial charge in [-0.3, -0.25) is 0 Å². The lowest BCUT2D eigenvalue weighted by molar-refractivity contribution is -0.137. The fraction of sp³-hybridized carbons (Fsp3) is 0.129. The van der Waals surface area contributed by atoms with Gasteiger partial charge in [0.1, 0.15) is 5.56 Å². The summed E-state index contributed by atoms with van der Waals surface area (Å²) < 4.78 is 55.9. The molecule has 0 saturated carbocycles. The first-order valence-corrected chi connectivity index (χ1v) is 25.7. The van der Waals surface area contributed by atoms with E-state index in [2.05, 4.69) is 207 Å². The van der Waals surface area contributed by atoms with Crippen molar-refractivity contribution in [3.8, 4) is 73.1 Å². The van der Waals surface area contributed by atoms with Gasteiger partial charge in [-0.05, 0) is 160 Å². The Bertz CT molecular complexity index is 3890. The van der Waals surface area contributed by atoms with Crippen LogP contribution < -0.4 is 0 Å². The summed E-state index contributed by atoms with van der Waals surface area (Å²) in [6.07, 6.45) is -4.89. The van der Waals surface area contributed by atoms with Crippen molar-refractivity contribution in [1.82, 2.24) is 9.13 Å². The third-order valence-electron chi connectivity index (χ3n) is 14.9. The van der Waals surface area contributed by atoms with Gasteiger partial charge in [-0.2, -0.15) is 18.4 Å². The van der Waals surface area contributed by atoms with Gasteiger partial charge in [0.05, 0.1) is 45.1 Å². The zero-order valence-electron chi connectivity index (χ0n) is 43.8. The van der Waals surface area contributed by atoms with Crippen LogP contribution in [-0.4, -0.2) is 9.13 Å². The number of hydrogen-bond donors (Lipinski definition) is 0. The van der Waals surface area contributed by atoms with Crippen molar-refractivity contribution in [2.45, 2.75) is 61.6 Å². The van der Waals surface area contributed by atoms with E-state index in [4.69, 9.17) is 0 Å². The number of rotatable bonds is 7. The Labute approximate surface area is 441 Å². The van der Waals surface area contributed by atoms with Gasteiger partial charge < -0.3 is 9.13 Å². The molecule has 12 rings (SSSR count). The second kappa shape index (κ2) is 18.2. The molecule has 0 aliphatic heterocycles. The molecule has 12 aromatic rings. The Morgan fingerprint density at radius 2 is 0.592 bits per heavy atom. The highest BCUT2D eigenvalue weighted by Gasteiger charge is 2.40. The molecule has 0 saturated heterocycles. The molecule has 3 nitrogen and oxygen atoms in total. The normalized spacial score (nSPS) is 11.9. The number of halogens is 3. The Hall–Kier alpha value is -8.92. The summed E-state index contributed by atoms with van der Waals surface area (Å²) in [5.41, 5.74) is 19.5. The van der Waals surface area contributed by atoms with E-state index in [1.54, 1.807) is 30.3 Å². The van der Waals surface area contributed by atoms with Crippen LogP contribution in [0.15, 0.2) is 182 Å². The van der Waals surface area contributed by atoms with E-state index >= 15 is 13.2 Å². The molecule has 0 amide bonds.